The van der Waals surface area contributed by atoms with Crippen molar-refractivity contribution in [2.75, 3.05) is 27.4 Å². The number of aliphatic hydroxyl groups is 1. The van der Waals surface area contributed by atoms with E-state index in [1.54, 1.807) is 20.3 Å². The lowest BCUT2D eigenvalue weighted by Crippen LogP contribution is -2.25. The van der Waals surface area contributed by atoms with Crippen molar-refractivity contribution in [3.05, 3.63) is 35.5 Å². The van der Waals surface area contributed by atoms with Crippen LogP contribution < -0.4 is 14.8 Å². The molecule has 1 heterocycles. The Morgan fingerprint density at radius 1 is 1.26 bits per heavy atom. The molecule has 2 N–H and O–H groups in total. The zero-order valence-electron chi connectivity index (χ0n) is 13.0. The Hall–Kier alpha value is -2.61. The van der Waals surface area contributed by atoms with Gasteiger partial charge in [0.25, 0.3) is 0 Å². The van der Waals surface area contributed by atoms with Crippen LogP contribution in [0.5, 0.6) is 11.5 Å². The predicted molar refractivity (Wildman–Crippen MR) is 80.7 cm³/mol. The number of nitrogens with zero attached hydrogens (tertiary/aromatic N) is 2. The van der Waals surface area contributed by atoms with Gasteiger partial charge in [0, 0.05) is 13.2 Å². The number of rotatable bonds is 8. The van der Waals surface area contributed by atoms with Crippen LogP contribution in [0.15, 0.2) is 22.6 Å². The van der Waals surface area contributed by atoms with E-state index >= 15 is 0 Å². The van der Waals surface area contributed by atoms with Crippen LogP contribution in [0.4, 0.5) is 0 Å². The molecule has 0 spiro atoms. The van der Waals surface area contributed by atoms with Crippen LogP contribution in [-0.4, -0.2) is 48.6 Å². The van der Waals surface area contributed by atoms with Gasteiger partial charge >= 0.3 is 11.8 Å². The Labute approximate surface area is 133 Å². The summed E-state index contributed by atoms with van der Waals surface area (Å²) in [6.45, 7) is 0.359. The van der Waals surface area contributed by atoms with Crippen LogP contribution in [0.1, 0.15) is 28.6 Å². The average molecular weight is 321 g/mol. The maximum atomic E-state index is 11.7. The normalized spacial score (nSPS) is 10.4. The Balaban J connectivity index is 2.02. The second-order valence-electron chi connectivity index (χ2n) is 4.70. The molecule has 0 aliphatic rings. The highest BCUT2D eigenvalue weighted by Crippen LogP contribution is 2.28. The molecule has 0 bridgehead atoms. The molecule has 0 aliphatic heterocycles. The Kier molecular flexibility index (Phi) is 5.93. The predicted octanol–water partition coefficient (Wildman–Crippen LogP) is 0.790. The number of nitrogens with one attached hydrogen (secondary N) is 1. The summed E-state index contributed by atoms with van der Waals surface area (Å²) in [5.41, 5.74) is 0.888. The minimum Gasteiger partial charge on any atom is -0.493 e. The monoisotopic (exact) mass is 321 g/mol. The van der Waals surface area contributed by atoms with Crippen molar-refractivity contribution in [3.63, 3.8) is 0 Å². The van der Waals surface area contributed by atoms with Crippen LogP contribution in [0.3, 0.4) is 0 Å². The first kappa shape index (κ1) is 16.8. The third-order valence-electron chi connectivity index (χ3n) is 3.08. The molecule has 124 valence electrons. The second-order valence-corrected chi connectivity index (χ2v) is 4.70. The number of hydrogen-bond donors (Lipinski definition) is 2. The highest BCUT2D eigenvalue weighted by atomic mass is 16.5. The van der Waals surface area contributed by atoms with Gasteiger partial charge < -0.3 is 24.3 Å². The second kappa shape index (κ2) is 8.14. The average Bonchev–Trinajstić information content (AvgIpc) is 3.03. The zero-order valence-corrected chi connectivity index (χ0v) is 13.0. The summed E-state index contributed by atoms with van der Waals surface area (Å²) >= 11 is 0. The lowest BCUT2D eigenvalue weighted by molar-refractivity contribution is 0.0915. The van der Waals surface area contributed by atoms with E-state index in [-0.39, 0.29) is 12.5 Å². The molecule has 0 radical (unpaired) electrons. The number of hydrogen-bond acceptors (Lipinski definition) is 7. The van der Waals surface area contributed by atoms with Crippen LogP contribution >= 0.6 is 0 Å². The molecular weight excluding hydrogens is 302 g/mol. The van der Waals surface area contributed by atoms with Gasteiger partial charge in [-0.3, -0.25) is 4.79 Å². The largest absolute Gasteiger partial charge is 0.493 e. The summed E-state index contributed by atoms with van der Waals surface area (Å²) in [7, 11) is 3.13. The fourth-order valence-corrected chi connectivity index (χ4v) is 1.94. The van der Waals surface area contributed by atoms with Gasteiger partial charge in [-0.15, -0.1) is 10.2 Å². The molecule has 0 fully saturated rings. The van der Waals surface area contributed by atoms with Crippen LogP contribution in [0.2, 0.25) is 0 Å². The summed E-state index contributed by atoms with van der Waals surface area (Å²) < 4.78 is 15.8. The SMILES string of the molecule is COc1ccc(Cc2nnc(C(=O)NCCCO)o2)cc1OC. The van der Waals surface area contributed by atoms with E-state index in [0.717, 1.165) is 5.56 Å². The van der Waals surface area contributed by atoms with Gasteiger partial charge in [0.15, 0.2) is 11.5 Å². The molecule has 0 aliphatic carbocycles. The first-order valence-electron chi connectivity index (χ1n) is 7.10. The van der Waals surface area contributed by atoms with E-state index in [1.165, 1.54) is 0 Å². The number of carbonyl (C=O) groups is 1. The first-order chi connectivity index (χ1) is 11.2. The molecule has 0 saturated heterocycles. The zero-order chi connectivity index (χ0) is 16.7. The van der Waals surface area contributed by atoms with Crippen molar-refractivity contribution in [2.45, 2.75) is 12.8 Å². The van der Waals surface area contributed by atoms with E-state index in [9.17, 15) is 4.79 Å². The standard InChI is InChI=1S/C15H19N3O5/c1-21-11-5-4-10(8-12(11)22-2)9-13-17-18-15(23-13)14(20)16-6-3-7-19/h4-5,8,19H,3,6-7,9H2,1-2H3,(H,16,20). The Morgan fingerprint density at radius 2 is 2.04 bits per heavy atom. The van der Waals surface area contributed by atoms with Crippen molar-refractivity contribution in [2.24, 2.45) is 0 Å². The molecule has 2 rings (SSSR count). The van der Waals surface area contributed by atoms with E-state index in [2.05, 4.69) is 15.5 Å². The molecular formula is C15H19N3O5. The fraction of sp³-hybridized carbons (Fsp3) is 0.400. The number of methoxy groups -OCH3 is 2. The fourth-order valence-electron chi connectivity index (χ4n) is 1.94. The summed E-state index contributed by atoms with van der Waals surface area (Å²) in [6.07, 6.45) is 0.843. The number of benzene rings is 1. The number of aliphatic hydroxyl groups excluding tert-OH is 1. The highest BCUT2D eigenvalue weighted by Gasteiger charge is 2.15. The Morgan fingerprint density at radius 3 is 2.74 bits per heavy atom. The first-order valence-corrected chi connectivity index (χ1v) is 7.10. The van der Waals surface area contributed by atoms with E-state index in [0.29, 0.717) is 36.8 Å². The highest BCUT2D eigenvalue weighted by molar-refractivity contribution is 5.89. The lowest BCUT2D eigenvalue weighted by atomic mass is 10.1. The minimum absolute atomic E-state index is 0.00860. The minimum atomic E-state index is -0.454. The van der Waals surface area contributed by atoms with E-state index in [1.807, 2.05) is 12.1 Å². The van der Waals surface area contributed by atoms with Crippen molar-refractivity contribution in [1.29, 1.82) is 0 Å². The van der Waals surface area contributed by atoms with Gasteiger partial charge in [0.2, 0.25) is 5.89 Å². The van der Waals surface area contributed by atoms with Gasteiger partial charge in [-0.05, 0) is 24.1 Å². The molecule has 1 aromatic heterocycles. The molecule has 0 unspecified atom stereocenters. The molecule has 8 nitrogen and oxygen atoms in total. The summed E-state index contributed by atoms with van der Waals surface area (Å²) in [6, 6.07) is 5.45. The smallest absolute Gasteiger partial charge is 0.308 e. The summed E-state index contributed by atoms with van der Waals surface area (Å²) in [5.74, 6) is 1.00. The van der Waals surface area contributed by atoms with Gasteiger partial charge in [0.05, 0.1) is 20.6 Å². The number of amides is 1. The van der Waals surface area contributed by atoms with Crippen molar-refractivity contribution in [1.82, 2.24) is 15.5 Å². The maximum absolute atomic E-state index is 11.7. The third kappa shape index (κ3) is 4.43. The molecule has 1 aromatic carbocycles. The quantitative estimate of drug-likeness (QED) is 0.692. The van der Waals surface area contributed by atoms with Crippen LogP contribution in [0.25, 0.3) is 0 Å². The topological polar surface area (TPSA) is 107 Å². The molecule has 8 heteroatoms. The van der Waals surface area contributed by atoms with Crippen molar-refractivity contribution >= 4 is 5.91 Å². The number of carbonyl (C=O) groups excluding carboxylic acids is 1. The number of aromatic nitrogens is 2. The molecule has 23 heavy (non-hydrogen) atoms. The van der Waals surface area contributed by atoms with Crippen molar-refractivity contribution in [3.8, 4) is 11.5 Å². The molecule has 1 amide bonds. The van der Waals surface area contributed by atoms with Crippen LogP contribution in [-0.2, 0) is 6.42 Å². The van der Waals surface area contributed by atoms with E-state index < -0.39 is 5.91 Å². The third-order valence-corrected chi connectivity index (χ3v) is 3.08. The summed E-state index contributed by atoms with van der Waals surface area (Å²) in [5, 5.41) is 18.8. The maximum Gasteiger partial charge on any atom is 0.308 e. The van der Waals surface area contributed by atoms with Crippen LogP contribution in [0, 0.1) is 0 Å². The van der Waals surface area contributed by atoms with Gasteiger partial charge in [-0.1, -0.05) is 6.07 Å². The van der Waals surface area contributed by atoms with Gasteiger partial charge in [-0.2, -0.15) is 0 Å². The van der Waals surface area contributed by atoms with Crippen molar-refractivity contribution < 1.29 is 23.8 Å². The molecule has 2 aromatic rings. The molecule has 0 atom stereocenters. The molecule has 0 saturated carbocycles. The number of ether oxygens (including phenoxy) is 2. The summed E-state index contributed by atoms with van der Waals surface area (Å²) in [4.78, 5) is 11.7. The van der Waals surface area contributed by atoms with Gasteiger partial charge in [-0.25, -0.2) is 0 Å². The lowest BCUT2D eigenvalue weighted by Gasteiger charge is -2.08. The van der Waals surface area contributed by atoms with Gasteiger partial charge in [0.1, 0.15) is 0 Å². The van der Waals surface area contributed by atoms with E-state index in [4.69, 9.17) is 19.0 Å². The Bertz CT molecular complexity index is 656.